The van der Waals surface area contributed by atoms with Crippen LogP contribution >= 0.6 is 0 Å². The fraction of sp³-hybridized carbons (Fsp3) is 0.0323. The van der Waals surface area contributed by atoms with Crippen LogP contribution in [0.25, 0.3) is 0 Å². The van der Waals surface area contributed by atoms with Gasteiger partial charge in [0.2, 0.25) is 0 Å². The van der Waals surface area contributed by atoms with Gasteiger partial charge >= 0.3 is 0 Å². The first kappa shape index (κ1) is 25.2. The van der Waals surface area contributed by atoms with E-state index in [9.17, 15) is 0 Å². The quantitative estimate of drug-likeness (QED) is 0.103. The average molecular weight is 517 g/mol. The molecule has 0 heterocycles. The first-order chi connectivity index (χ1) is 19.0. The lowest BCUT2D eigenvalue weighted by atomic mass is 10.2. The lowest BCUT2D eigenvalue weighted by molar-refractivity contribution is 0.469. The topological polar surface area (TPSA) is 110 Å². The summed E-state index contributed by atoms with van der Waals surface area (Å²) in [4.78, 5) is 0. The van der Waals surface area contributed by atoms with Gasteiger partial charge in [0.25, 0.3) is 0 Å². The maximum absolute atomic E-state index is 6.00. The molecule has 0 fully saturated rings. The van der Waals surface area contributed by atoms with Crippen LogP contribution in [0.5, 0.6) is 23.0 Å². The lowest BCUT2D eigenvalue weighted by Gasteiger charge is -2.22. The SMILES string of the molecule is CN(Nc1ccc(N)cc1)c1ccc(Oc2ccc(Oc3ccc(/N=N/c4ccc(N)cc4)cc3)cc2)cc1. The molecule has 0 saturated heterocycles. The number of hydrazine groups is 1. The molecule has 5 aromatic carbocycles. The number of hydrogen-bond donors (Lipinski definition) is 3. The minimum absolute atomic E-state index is 0.691. The zero-order valence-corrected chi connectivity index (χ0v) is 21.4. The van der Waals surface area contributed by atoms with Gasteiger partial charge in [-0.1, -0.05) is 0 Å². The van der Waals surface area contributed by atoms with Crippen LogP contribution in [0.15, 0.2) is 132 Å². The third kappa shape index (κ3) is 7.05. The highest BCUT2D eigenvalue weighted by Gasteiger charge is 2.04. The summed E-state index contributed by atoms with van der Waals surface area (Å²) in [7, 11) is 1.95. The smallest absolute Gasteiger partial charge is 0.127 e. The number of hydrogen-bond acceptors (Lipinski definition) is 8. The summed E-state index contributed by atoms with van der Waals surface area (Å²) < 4.78 is 11.9. The lowest BCUT2D eigenvalue weighted by Crippen LogP contribution is -2.24. The molecule has 0 bridgehead atoms. The van der Waals surface area contributed by atoms with Crippen molar-refractivity contribution in [1.82, 2.24) is 0 Å². The third-order valence-corrected chi connectivity index (χ3v) is 5.74. The van der Waals surface area contributed by atoms with Crippen LogP contribution in [-0.4, -0.2) is 7.05 Å². The van der Waals surface area contributed by atoms with Gasteiger partial charge in [0.05, 0.1) is 22.7 Å². The van der Waals surface area contributed by atoms with Crippen molar-refractivity contribution in [1.29, 1.82) is 0 Å². The maximum Gasteiger partial charge on any atom is 0.127 e. The van der Waals surface area contributed by atoms with E-state index in [0.717, 1.165) is 34.2 Å². The van der Waals surface area contributed by atoms with Gasteiger partial charge in [-0.15, -0.1) is 0 Å². The molecule has 0 aromatic heterocycles. The second-order valence-electron chi connectivity index (χ2n) is 8.75. The van der Waals surface area contributed by atoms with Crippen LogP contribution in [0, 0.1) is 0 Å². The molecule has 0 aliphatic carbocycles. The van der Waals surface area contributed by atoms with Crippen molar-refractivity contribution in [3.05, 3.63) is 121 Å². The summed E-state index contributed by atoms with van der Waals surface area (Å²) in [5.74, 6) is 2.84. The summed E-state index contributed by atoms with van der Waals surface area (Å²) in [5, 5.41) is 10.4. The molecule has 0 atom stereocenters. The molecule has 5 rings (SSSR count). The van der Waals surface area contributed by atoms with Crippen LogP contribution < -0.4 is 31.4 Å². The molecule has 0 aliphatic rings. The van der Waals surface area contributed by atoms with Gasteiger partial charge in [-0.25, -0.2) is 0 Å². The minimum atomic E-state index is 0.691. The van der Waals surface area contributed by atoms with Crippen molar-refractivity contribution >= 4 is 34.1 Å². The Morgan fingerprint density at radius 1 is 0.513 bits per heavy atom. The van der Waals surface area contributed by atoms with Crippen molar-refractivity contribution in [3.8, 4) is 23.0 Å². The van der Waals surface area contributed by atoms with Crippen LogP contribution in [-0.2, 0) is 0 Å². The number of ether oxygens (including phenoxy) is 2. The Labute approximate surface area is 227 Å². The molecule has 5 aromatic rings. The summed E-state index contributed by atoms with van der Waals surface area (Å²) >= 11 is 0. The summed E-state index contributed by atoms with van der Waals surface area (Å²) in [5.41, 5.74) is 19.6. The Hall–Kier alpha value is -5.50. The van der Waals surface area contributed by atoms with Crippen molar-refractivity contribution in [2.24, 2.45) is 10.2 Å². The van der Waals surface area contributed by atoms with E-state index in [4.69, 9.17) is 20.9 Å². The fourth-order valence-corrected chi connectivity index (χ4v) is 3.64. The van der Waals surface area contributed by atoms with Gasteiger partial charge in [0, 0.05) is 18.4 Å². The Morgan fingerprint density at radius 2 is 0.872 bits per heavy atom. The Morgan fingerprint density at radius 3 is 1.33 bits per heavy atom. The standard InChI is InChI=1S/C31H28N6O2/c1-37(36-26-8-4-23(33)5-9-26)27-12-16-29(17-13-27)39-31-20-18-30(19-21-31)38-28-14-10-25(11-15-28)35-34-24-6-2-22(32)3-7-24/h2-21,36H,32-33H2,1H3/b35-34+. The van der Waals surface area contributed by atoms with E-state index in [1.807, 2.05) is 121 Å². The molecule has 0 aliphatic heterocycles. The minimum Gasteiger partial charge on any atom is -0.457 e. The Kier molecular flexibility index (Phi) is 7.55. The molecule has 0 radical (unpaired) electrons. The van der Waals surface area contributed by atoms with Crippen molar-refractivity contribution in [2.75, 3.05) is 28.9 Å². The molecule has 0 saturated carbocycles. The predicted octanol–water partition coefficient (Wildman–Crippen LogP) is 8.31. The highest BCUT2D eigenvalue weighted by molar-refractivity contribution is 5.58. The molecular formula is C31H28N6O2. The second kappa shape index (κ2) is 11.7. The van der Waals surface area contributed by atoms with Gasteiger partial charge in [0.1, 0.15) is 23.0 Å². The Bertz CT molecular complexity index is 1520. The van der Waals surface area contributed by atoms with Gasteiger partial charge in [-0.2, -0.15) is 10.2 Å². The van der Waals surface area contributed by atoms with Crippen molar-refractivity contribution in [3.63, 3.8) is 0 Å². The molecule has 5 N–H and O–H groups in total. The van der Waals surface area contributed by atoms with Gasteiger partial charge in [-0.3, -0.25) is 10.4 Å². The fourth-order valence-electron chi connectivity index (χ4n) is 3.64. The normalized spacial score (nSPS) is 10.8. The first-order valence-corrected chi connectivity index (χ1v) is 12.3. The van der Waals surface area contributed by atoms with E-state index in [-0.39, 0.29) is 0 Å². The molecule has 0 spiro atoms. The third-order valence-electron chi connectivity index (χ3n) is 5.74. The van der Waals surface area contributed by atoms with E-state index in [2.05, 4.69) is 15.7 Å². The van der Waals surface area contributed by atoms with Crippen LogP contribution in [0.3, 0.4) is 0 Å². The first-order valence-electron chi connectivity index (χ1n) is 12.3. The number of azo groups is 1. The molecule has 8 heteroatoms. The van der Waals surface area contributed by atoms with Crippen molar-refractivity contribution in [2.45, 2.75) is 0 Å². The number of benzene rings is 5. The largest absolute Gasteiger partial charge is 0.457 e. The van der Waals surface area contributed by atoms with Crippen LogP contribution in [0.4, 0.5) is 34.1 Å². The summed E-state index contributed by atoms with van der Waals surface area (Å²) in [6.45, 7) is 0. The molecule has 194 valence electrons. The summed E-state index contributed by atoms with van der Waals surface area (Å²) in [6.07, 6.45) is 0. The second-order valence-corrected chi connectivity index (χ2v) is 8.75. The zero-order chi connectivity index (χ0) is 27.0. The van der Waals surface area contributed by atoms with E-state index < -0.39 is 0 Å². The molecule has 0 unspecified atom stereocenters. The number of rotatable bonds is 9. The van der Waals surface area contributed by atoms with E-state index in [1.165, 1.54) is 0 Å². The number of nitrogens with zero attached hydrogens (tertiary/aromatic N) is 3. The van der Waals surface area contributed by atoms with Gasteiger partial charge in [-0.05, 0) is 121 Å². The van der Waals surface area contributed by atoms with Gasteiger partial charge < -0.3 is 20.9 Å². The van der Waals surface area contributed by atoms with Gasteiger partial charge in [0.15, 0.2) is 0 Å². The van der Waals surface area contributed by atoms with Crippen molar-refractivity contribution < 1.29 is 9.47 Å². The number of nitrogens with one attached hydrogen (secondary N) is 1. The predicted molar refractivity (Wildman–Crippen MR) is 157 cm³/mol. The van der Waals surface area contributed by atoms with Crippen LogP contribution in [0.1, 0.15) is 0 Å². The van der Waals surface area contributed by atoms with E-state index in [1.54, 1.807) is 12.1 Å². The van der Waals surface area contributed by atoms with Crippen LogP contribution in [0.2, 0.25) is 0 Å². The highest BCUT2D eigenvalue weighted by atomic mass is 16.5. The zero-order valence-electron chi connectivity index (χ0n) is 21.4. The number of nitrogen functional groups attached to an aromatic ring is 2. The maximum atomic E-state index is 6.00. The Balaban J connectivity index is 1.13. The molecule has 0 amide bonds. The molecule has 8 nitrogen and oxygen atoms in total. The van der Waals surface area contributed by atoms with E-state index >= 15 is 0 Å². The van der Waals surface area contributed by atoms with E-state index in [0.29, 0.717) is 22.9 Å². The number of anilines is 4. The average Bonchev–Trinajstić information content (AvgIpc) is 2.96. The molecular weight excluding hydrogens is 488 g/mol. The monoisotopic (exact) mass is 516 g/mol. The molecule has 39 heavy (non-hydrogen) atoms. The summed E-state index contributed by atoms with van der Waals surface area (Å²) in [6, 6.07) is 37.5. The number of nitrogens with two attached hydrogens (primary N) is 2. The highest BCUT2D eigenvalue weighted by Crippen LogP contribution is 2.29.